The zero-order valence-corrected chi connectivity index (χ0v) is 15.9. The van der Waals surface area contributed by atoms with Crippen molar-refractivity contribution in [1.82, 2.24) is 19.9 Å². The number of hydrogen-bond acceptors (Lipinski definition) is 6. The topological polar surface area (TPSA) is 48.4 Å². The molecule has 0 spiro atoms. The maximum Gasteiger partial charge on any atom is 0.134 e. The minimum absolute atomic E-state index is 0.603. The second-order valence-electron chi connectivity index (χ2n) is 8.07. The van der Waals surface area contributed by atoms with Crippen molar-refractivity contribution < 1.29 is 0 Å². The van der Waals surface area contributed by atoms with Crippen molar-refractivity contribution in [2.45, 2.75) is 38.3 Å². The first-order valence-corrected chi connectivity index (χ1v) is 10.3. The summed E-state index contributed by atoms with van der Waals surface area (Å²) in [5.74, 6) is 3.00. The number of anilines is 2. The molecule has 0 saturated carbocycles. The van der Waals surface area contributed by atoms with Crippen molar-refractivity contribution in [1.29, 1.82) is 0 Å². The summed E-state index contributed by atoms with van der Waals surface area (Å²) in [6, 6.07) is 9.02. The van der Waals surface area contributed by atoms with Crippen LogP contribution < -0.4 is 9.80 Å². The normalized spacial score (nSPS) is 25.8. The van der Waals surface area contributed by atoms with Crippen LogP contribution in [0.2, 0.25) is 0 Å². The Hall–Kier alpha value is -2.21. The van der Waals surface area contributed by atoms with Crippen molar-refractivity contribution in [2.24, 2.45) is 5.92 Å². The molecule has 3 fully saturated rings. The van der Waals surface area contributed by atoms with Crippen LogP contribution in [0.4, 0.5) is 11.6 Å². The van der Waals surface area contributed by atoms with E-state index in [1.165, 1.54) is 37.9 Å². The van der Waals surface area contributed by atoms with Gasteiger partial charge in [0.05, 0.1) is 5.69 Å². The van der Waals surface area contributed by atoms with Crippen molar-refractivity contribution >= 4 is 11.6 Å². The van der Waals surface area contributed by atoms with E-state index in [1.807, 2.05) is 12.3 Å². The molecule has 142 valence electrons. The molecular formula is C21H28N6. The van der Waals surface area contributed by atoms with Gasteiger partial charge >= 0.3 is 0 Å². The van der Waals surface area contributed by atoms with Gasteiger partial charge in [-0.15, -0.1) is 0 Å². The van der Waals surface area contributed by atoms with E-state index in [9.17, 15) is 0 Å². The summed E-state index contributed by atoms with van der Waals surface area (Å²) in [5, 5.41) is 0. The Morgan fingerprint density at radius 2 is 1.70 bits per heavy atom. The quantitative estimate of drug-likeness (QED) is 0.831. The van der Waals surface area contributed by atoms with Gasteiger partial charge in [-0.1, -0.05) is 6.07 Å². The maximum absolute atomic E-state index is 4.61. The fourth-order valence-corrected chi connectivity index (χ4v) is 4.96. The second kappa shape index (κ2) is 7.43. The first-order chi connectivity index (χ1) is 13.4. The molecule has 6 heteroatoms. The number of piperidine rings is 1. The predicted molar refractivity (Wildman–Crippen MR) is 107 cm³/mol. The first-order valence-electron chi connectivity index (χ1n) is 10.3. The van der Waals surface area contributed by atoms with Crippen molar-refractivity contribution in [3.63, 3.8) is 0 Å². The van der Waals surface area contributed by atoms with E-state index in [1.54, 1.807) is 6.33 Å². The highest BCUT2D eigenvalue weighted by molar-refractivity contribution is 5.51. The smallest absolute Gasteiger partial charge is 0.134 e. The van der Waals surface area contributed by atoms with Gasteiger partial charge < -0.3 is 9.80 Å². The predicted octanol–water partition coefficient (Wildman–Crippen LogP) is 2.57. The van der Waals surface area contributed by atoms with E-state index < -0.39 is 0 Å². The van der Waals surface area contributed by atoms with Gasteiger partial charge in [-0.05, 0) is 50.3 Å². The van der Waals surface area contributed by atoms with Crippen LogP contribution in [-0.2, 0) is 6.54 Å². The fraction of sp³-hybridized carbons (Fsp3) is 0.571. The Morgan fingerprint density at radius 3 is 2.52 bits per heavy atom. The summed E-state index contributed by atoms with van der Waals surface area (Å²) in [7, 11) is 0. The molecular weight excluding hydrogens is 336 g/mol. The molecule has 0 aliphatic carbocycles. The fourth-order valence-electron chi connectivity index (χ4n) is 4.96. The Bertz CT molecular complexity index is 760. The standard InChI is InChI=1S/C21H28N6/c1-2-8-22-18(5-1)14-26-11-6-17-7-12-27(15-19(17)26)21-13-20(23-16-24-21)25-9-3-4-10-25/h1-2,5,8,13,16-17,19H,3-4,6-7,9-12,14-15H2. The Kier molecular flexibility index (Phi) is 4.66. The summed E-state index contributed by atoms with van der Waals surface area (Å²) in [4.78, 5) is 21.2. The highest BCUT2D eigenvalue weighted by Crippen LogP contribution is 2.34. The van der Waals surface area contributed by atoms with E-state index in [4.69, 9.17) is 0 Å². The molecule has 3 saturated heterocycles. The van der Waals surface area contributed by atoms with Crippen LogP contribution >= 0.6 is 0 Å². The lowest BCUT2D eigenvalue weighted by molar-refractivity contribution is 0.198. The van der Waals surface area contributed by atoms with Crippen LogP contribution in [0.25, 0.3) is 0 Å². The van der Waals surface area contributed by atoms with E-state index in [2.05, 4.69) is 47.9 Å². The van der Waals surface area contributed by atoms with Gasteiger partial charge in [0.25, 0.3) is 0 Å². The van der Waals surface area contributed by atoms with Crippen molar-refractivity contribution in [3.05, 3.63) is 42.5 Å². The molecule has 2 atom stereocenters. The lowest BCUT2D eigenvalue weighted by Gasteiger charge is -2.39. The average Bonchev–Trinajstić information content (AvgIpc) is 3.39. The van der Waals surface area contributed by atoms with Gasteiger partial charge in [0.2, 0.25) is 0 Å². The largest absolute Gasteiger partial charge is 0.356 e. The number of nitrogens with zero attached hydrogens (tertiary/aromatic N) is 6. The Morgan fingerprint density at radius 1 is 0.889 bits per heavy atom. The molecule has 0 bridgehead atoms. The van der Waals surface area contributed by atoms with Crippen LogP contribution in [-0.4, -0.2) is 58.6 Å². The number of pyridine rings is 1. The third-order valence-corrected chi connectivity index (χ3v) is 6.46. The summed E-state index contributed by atoms with van der Waals surface area (Å²) in [6.07, 6.45) is 8.76. The highest BCUT2D eigenvalue weighted by Gasteiger charge is 2.38. The molecule has 0 aromatic carbocycles. The lowest BCUT2D eigenvalue weighted by Crippen LogP contribution is -2.48. The molecule has 5 heterocycles. The average molecular weight is 364 g/mol. The molecule has 0 radical (unpaired) electrons. The van der Waals surface area contributed by atoms with Crippen LogP contribution in [0.3, 0.4) is 0 Å². The van der Waals surface area contributed by atoms with E-state index in [-0.39, 0.29) is 0 Å². The van der Waals surface area contributed by atoms with Gasteiger partial charge in [-0.2, -0.15) is 0 Å². The summed E-state index contributed by atoms with van der Waals surface area (Å²) in [5.41, 5.74) is 1.17. The zero-order chi connectivity index (χ0) is 18.1. The van der Waals surface area contributed by atoms with Crippen LogP contribution in [0.15, 0.2) is 36.8 Å². The zero-order valence-electron chi connectivity index (χ0n) is 15.9. The first kappa shape index (κ1) is 16.9. The molecule has 0 N–H and O–H groups in total. The maximum atomic E-state index is 4.61. The van der Waals surface area contributed by atoms with Gasteiger partial charge in [-0.3, -0.25) is 9.88 Å². The number of hydrogen-bond donors (Lipinski definition) is 0. The third kappa shape index (κ3) is 3.50. The van der Waals surface area contributed by atoms with Gasteiger partial charge in [0.1, 0.15) is 18.0 Å². The van der Waals surface area contributed by atoms with Crippen LogP contribution in [0.1, 0.15) is 31.4 Å². The molecule has 3 aliphatic rings. The molecule has 2 unspecified atom stereocenters. The number of likely N-dealkylation sites (tertiary alicyclic amines) is 1. The Balaban J connectivity index is 1.30. The van der Waals surface area contributed by atoms with E-state index >= 15 is 0 Å². The van der Waals surface area contributed by atoms with Crippen LogP contribution in [0.5, 0.6) is 0 Å². The van der Waals surface area contributed by atoms with Crippen molar-refractivity contribution in [2.75, 3.05) is 42.5 Å². The molecule has 2 aromatic heterocycles. The van der Waals surface area contributed by atoms with Crippen LogP contribution in [0, 0.1) is 5.92 Å². The number of aromatic nitrogens is 3. The second-order valence-corrected chi connectivity index (χ2v) is 8.07. The summed E-state index contributed by atoms with van der Waals surface area (Å²) >= 11 is 0. The highest BCUT2D eigenvalue weighted by atomic mass is 15.3. The molecule has 2 aromatic rings. The minimum atomic E-state index is 0.603. The van der Waals surface area contributed by atoms with Gasteiger partial charge in [0.15, 0.2) is 0 Å². The lowest BCUT2D eigenvalue weighted by atomic mass is 9.92. The molecule has 5 rings (SSSR count). The Labute approximate surface area is 161 Å². The van der Waals surface area contributed by atoms with E-state index in [0.29, 0.717) is 6.04 Å². The number of fused-ring (bicyclic) bond motifs is 1. The van der Waals surface area contributed by atoms with E-state index in [0.717, 1.165) is 50.3 Å². The minimum Gasteiger partial charge on any atom is -0.356 e. The summed E-state index contributed by atoms with van der Waals surface area (Å²) in [6.45, 7) is 6.56. The van der Waals surface area contributed by atoms with Gasteiger partial charge in [0, 0.05) is 51.0 Å². The monoisotopic (exact) mass is 364 g/mol. The third-order valence-electron chi connectivity index (χ3n) is 6.46. The number of rotatable bonds is 4. The molecule has 0 amide bonds. The molecule has 27 heavy (non-hydrogen) atoms. The van der Waals surface area contributed by atoms with Crippen molar-refractivity contribution in [3.8, 4) is 0 Å². The summed E-state index contributed by atoms with van der Waals surface area (Å²) < 4.78 is 0. The molecule has 6 nitrogen and oxygen atoms in total. The molecule has 3 aliphatic heterocycles. The van der Waals surface area contributed by atoms with Gasteiger partial charge in [-0.25, -0.2) is 9.97 Å². The SMILES string of the molecule is c1ccc(CN2CCC3CCN(c4cc(N5CCCC5)ncn4)CC32)nc1.